The molecule has 0 saturated heterocycles. The van der Waals surface area contributed by atoms with E-state index in [1.54, 1.807) is 0 Å². The molecule has 0 bridgehead atoms. The van der Waals surface area contributed by atoms with Crippen molar-refractivity contribution >= 4 is 22.8 Å². The monoisotopic (exact) mass is 357 g/mol. The molecule has 5 nitrogen and oxygen atoms in total. The van der Waals surface area contributed by atoms with Gasteiger partial charge in [0.25, 0.3) is 5.91 Å². The summed E-state index contributed by atoms with van der Waals surface area (Å²) in [7, 11) is 0. The average Bonchev–Trinajstić information content (AvgIpc) is 3.09. The predicted molar refractivity (Wildman–Crippen MR) is 99.0 cm³/mol. The molecule has 2 aromatic rings. The summed E-state index contributed by atoms with van der Waals surface area (Å²) >= 11 is 1.38. The third-order valence-electron chi connectivity index (χ3n) is 4.21. The third-order valence-corrected chi connectivity index (χ3v) is 5.34. The zero-order valence-corrected chi connectivity index (χ0v) is 15.5. The van der Waals surface area contributed by atoms with Crippen LogP contribution in [0.15, 0.2) is 34.3 Å². The van der Waals surface area contributed by atoms with Gasteiger partial charge in [-0.05, 0) is 18.9 Å². The Bertz CT molecular complexity index is 969. The van der Waals surface area contributed by atoms with Crippen LogP contribution in [0.1, 0.15) is 44.4 Å². The zero-order chi connectivity index (χ0) is 17.8. The summed E-state index contributed by atoms with van der Waals surface area (Å²) in [4.78, 5) is 22.5. The number of hydrogen-bond donors (Lipinski definition) is 1. The number of carbonyl (C=O) groups is 1. The van der Waals surface area contributed by atoms with Crippen molar-refractivity contribution in [1.82, 2.24) is 4.57 Å². The Morgan fingerprint density at radius 2 is 1.96 bits per heavy atom. The van der Waals surface area contributed by atoms with Gasteiger partial charge >= 0.3 is 0 Å². The highest BCUT2D eigenvalue weighted by Crippen LogP contribution is 2.28. The molecule has 132 valence electrons. The third kappa shape index (κ3) is 3.44. The van der Waals surface area contributed by atoms with Crippen LogP contribution >= 0.6 is 11.3 Å². The number of aromatic nitrogens is 1. The molecule has 0 spiro atoms. The molecule has 0 fully saturated rings. The van der Waals surface area contributed by atoms with Crippen molar-refractivity contribution in [3.8, 4) is 5.88 Å². The van der Waals surface area contributed by atoms with Crippen LogP contribution in [0.3, 0.4) is 0 Å². The van der Waals surface area contributed by atoms with Crippen LogP contribution in [0.2, 0.25) is 0 Å². The van der Waals surface area contributed by atoms with Gasteiger partial charge in [-0.1, -0.05) is 56.2 Å². The number of carbonyl (C=O) groups excluding carboxylic acids is 1. The summed E-state index contributed by atoms with van der Waals surface area (Å²) in [5.41, 5.74) is 0.486. The van der Waals surface area contributed by atoms with Gasteiger partial charge in [0.2, 0.25) is 5.88 Å². The van der Waals surface area contributed by atoms with Crippen LogP contribution in [-0.4, -0.2) is 22.1 Å². The van der Waals surface area contributed by atoms with Crippen LogP contribution in [0, 0.1) is 0 Å². The molecule has 0 unspecified atom stereocenters. The number of aromatic hydroxyl groups is 1. The van der Waals surface area contributed by atoms with Crippen molar-refractivity contribution in [3.63, 3.8) is 0 Å². The molecule has 0 saturated carbocycles. The standard InChI is InChI=1S/C19H23N3O2S/c1-3-5-11-20-19-22(12-6-4-2)18(24)16(25-19)15-13-9-7-8-10-14(13)21-17(15)23/h7-10,24H,3-6,11-12H2,1-2H3. The maximum absolute atomic E-state index is 12.4. The Balaban J connectivity index is 2.17. The Labute approximate surface area is 150 Å². The first kappa shape index (κ1) is 17.6. The molecular weight excluding hydrogens is 334 g/mol. The summed E-state index contributed by atoms with van der Waals surface area (Å²) in [5.74, 6) is -0.163. The Morgan fingerprint density at radius 3 is 2.72 bits per heavy atom. The number of nitrogens with zero attached hydrogens (tertiary/aromatic N) is 3. The van der Waals surface area contributed by atoms with Crippen molar-refractivity contribution in [3.05, 3.63) is 44.5 Å². The molecule has 0 radical (unpaired) electrons. The fraction of sp³-hybridized carbons (Fsp3) is 0.421. The van der Waals surface area contributed by atoms with E-state index in [1.807, 2.05) is 28.8 Å². The van der Waals surface area contributed by atoms with Crippen molar-refractivity contribution in [2.75, 3.05) is 6.54 Å². The number of rotatable bonds is 7. The predicted octanol–water partition coefficient (Wildman–Crippen LogP) is 2.11. The lowest BCUT2D eigenvalue weighted by atomic mass is 10.1. The lowest BCUT2D eigenvalue weighted by Crippen LogP contribution is -2.22. The van der Waals surface area contributed by atoms with Crippen LogP contribution in [0.5, 0.6) is 5.88 Å². The number of amides is 1. The molecule has 0 aliphatic carbocycles. The molecule has 1 aromatic carbocycles. The molecule has 1 amide bonds. The molecular formula is C19H23N3O2S. The minimum atomic E-state index is -0.291. The van der Waals surface area contributed by atoms with Gasteiger partial charge in [-0.15, -0.1) is 0 Å². The van der Waals surface area contributed by atoms with E-state index in [4.69, 9.17) is 0 Å². The molecule has 0 atom stereocenters. The fourth-order valence-electron chi connectivity index (χ4n) is 2.82. The van der Waals surface area contributed by atoms with Gasteiger partial charge in [-0.2, -0.15) is 0 Å². The van der Waals surface area contributed by atoms with Gasteiger partial charge < -0.3 is 5.11 Å². The van der Waals surface area contributed by atoms with Crippen LogP contribution < -0.4 is 15.4 Å². The summed E-state index contributed by atoms with van der Waals surface area (Å²) < 4.78 is 1.83. The summed E-state index contributed by atoms with van der Waals surface area (Å²) in [6.45, 7) is 5.67. The van der Waals surface area contributed by atoms with E-state index < -0.39 is 0 Å². The van der Waals surface area contributed by atoms with Gasteiger partial charge in [0.05, 0.1) is 10.9 Å². The highest BCUT2D eigenvalue weighted by Gasteiger charge is 2.25. The minimum absolute atomic E-state index is 0.129. The number of benzene rings is 1. The Hall–Kier alpha value is -2.21. The summed E-state index contributed by atoms with van der Waals surface area (Å²) in [6, 6.07) is 7.44. The van der Waals surface area contributed by atoms with Crippen molar-refractivity contribution in [2.45, 2.75) is 46.1 Å². The van der Waals surface area contributed by atoms with Crippen molar-refractivity contribution < 1.29 is 9.90 Å². The first-order valence-corrected chi connectivity index (χ1v) is 9.64. The second kappa shape index (κ2) is 7.78. The lowest BCUT2D eigenvalue weighted by molar-refractivity contribution is -0.112. The second-order valence-corrected chi connectivity index (χ2v) is 7.06. The van der Waals surface area contributed by atoms with Crippen LogP contribution in [0.4, 0.5) is 0 Å². The Kier molecular flexibility index (Phi) is 5.48. The first-order valence-electron chi connectivity index (χ1n) is 8.83. The molecule has 1 aliphatic heterocycles. The van der Waals surface area contributed by atoms with Crippen LogP contribution in [0.25, 0.3) is 5.57 Å². The van der Waals surface area contributed by atoms with Gasteiger partial charge in [-0.3, -0.25) is 14.4 Å². The van der Waals surface area contributed by atoms with Crippen LogP contribution in [-0.2, 0) is 11.3 Å². The normalized spacial score (nSPS) is 14.1. The summed E-state index contributed by atoms with van der Waals surface area (Å²) in [6.07, 6.45) is 4.06. The van der Waals surface area contributed by atoms with E-state index in [-0.39, 0.29) is 11.8 Å². The van der Waals surface area contributed by atoms with E-state index in [0.717, 1.165) is 42.2 Å². The maximum Gasteiger partial charge on any atom is 0.279 e. The first-order chi connectivity index (χ1) is 12.2. The summed E-state index contributed by atoms with van der Waals surface area (Å²) in [5, 5.41) is 12.2. The number of unbranched alkanes of at least 4 members (excludes halogenated alkanes) is 2. The maximum atomic E-state index is 12.4. The van der Waals surface area contributed by atoms with Crippen molar-refractivity contribution in [2.24, 2.45) is 9.98 Å². The number of hydrogen-bond acceptors (Lipinski definition) is 4. The lowest BCUT2D eigenvalue weighted by Gasteiger charge is -2.04. The molecule has 3 rings (SSSR count). The van der Waals surface area contributed by atoms with Gasteiger partial charge in [0, 0.05) is 18.3 Å². The number of thiazole rings is 1. The molecule has 2 heterocycles. The molecule has 1 N–H and O–H groups in total. The van der Waals surface area contributed by atoms with Gasteiger partial charge in [0.1, 0.15) is 4.88 Å². The molecule has 1 aromatic heterocycles. The molecule has 6 heteroatoms. The molecule has 1 aliphatic rings. The van der Waals surface area contributed by atoms with Gasteiger partial charge in [0.15, 0.2) is 4.80 Å². The van der Waals surface area contributed by atoms with E-state index >= 15 is 0 Å². The average molecular weight is 357 g/mol. The second-order valence-electron chi connectivity index (χ2n) is 6.09. The quantitative estimate of drug-likeness (QED) is 0.771. The number of fused-ring (bicyclic) bond motifs is 1. The smallest absolute Gasteiger partial charge is 0.279 e. The van der Waals surface area contributed by atoms with E-state index in [9.17, 15) is 9.90 Å². The zero-order valence-electron chi connectivity index (χ0n) is 14.7. The van der Waals surface area contributed by atoms with E-state index in [2.05, 4.69) is 23.8 Å². The van der Waals surface area contributed by atoms with E-state index in [1.165, 1.54) is 11.3 Å². The number of para-hydroxylation sites is 1. The molecule has 25 heavy (non-hydrogen) atoms. The highest BCUT2D eigenvalue weighted by atomic mass is 32.1. The van der Waals surface area contributed by atoms with Gasteiger partial charge in [-0.25, -0.2) is 4.99 Å². The van der Waals surface area contributed by atoms with Crippen molar-refractivity contribution in [1.29, 1.82) is 0 Å². The topological polar surface area (TPSA) is 66.9 Å². The fourth-order valence-corrected chi connectivity index (χ4v) is 3.95. The Morgan fingerprint density at radius 1 is 1.20 bits per heavy atom. The minimum Gasteiger partial charge on any atom is -0.493 e. The largest absolute Gasteiger partial charge is 0.493 e. The van der Waals surface area contributed by atoms with E-state index in [0.29, 0.717) is 22.4 Å². The highest BCUT2D eigenvalue weighted by molar-refractivity contribution is 7.11. The SMILES string of the molecule is CCCCN=c1sc(C2=c3ccccc3=NC2=O)c(O)n1CCCC.